The lowest BCUT2D eigenvalue weighted by Gasteiger charge is -2.29. The summed E-state index contributed by atoms with van der Waals surface area (Å²) in [7, 11) is -0.863. The van der Waals surface area contributed by atoms with E-state index in [1.54, 1.807) is 31.6 Å². The molecule has 0 saturated heterocycles. The molecule has 0 unspecified atom stereocenters. The van der Waals surface area contributed by atoms with Gasteiger partial charge in [0.15, 0.2) is 5.76 Å². The van der Waals surface area contributed by atoms with E-state index in [1.807, 2.05) is 24.3 Å². The van der Waals surface area contributed by atoms with Gasteiger partial charge in [-0.25, -0.2) is 8.42 Å². The number of methoxy groups -OCH3 is 2. The molecule has 40 heavy (non-hydrogen) atoms. The van der Waals surface area contributed by atoms with Gasteiger partial charge in [0.05, 0.1) is 38.1 Å². The van der Waals surface area contributed by atoms with Gasteiger partial charge in [-0.15, -0.1) is 0 Å². The Labute approximate surface area is 233 Å². The molecular formula is C28H34N2O9S. The van der Waals surface area contributed by atoms with Gasteiger partial charge in [0.1, 0.15) is 11.3 Å². The fourth-order valence-corrected chi connectivity index (χ4v) is 5.84. The second-order valence-corrected chi connectivity index (χ2v) is 11.0. The van der Waals surface area contributed by atoms with Crippen molar-refractivity contribution >= 4 is 26.9 Å². The van der Waals surface area contributed by atoms with Crippen molar-refractivity contribution in [2.24, 2.45) is 0 Å². The van der Waals surface area contributed by atoms with Gasteiger partial charge >= 0.3 is 0 Å². The maximum absolute atomic E-state index is 13.2. The monoisotopic (exact) mass is 574 g/mol. The van der Waals surface area contributed by atoms with E-state index >= 15 is 0 Å². The highest BCUT2D eigenvalue weighted by molar-refractivity contribution is 7.89. The second kappa shape index (κ2) is 13.8. The molecule has 0 bridgehead atoms. The minimum atomic E-state index is -3.90. The summed E-state index contributed by atoms with van der Waals surface area (Å²) in [5, 5.41) is 13.2. The Hall–Kier alpha value is -3.42. The van der Waals surface area contributed by atoms with Crippen LogP contribution in [0.4, 0.5) is 0 Å². The zero-order chi connectivity index (χ0) is 28.5. The molecule has 11 nitrogen and oxygen atoms in total. The number of hydrogen-bond acceptors (Lipinski definition) is 9. The van der Waals surface area contributed by atoms with E-state index in [4.69, 9.17) is 23.4 Å². The molecule has 0 spiro atoms. The maximum Gasteiger partial charge on any atom is 0.286 e. The predicted octanol–water partition coefficient (Wildman–Crippen LogP) is 2.62. The molecule has 1 aromatic heterocycles. The summed E-state index contributed by atoms with van der Waals surface area (Å²) in [6.45, 7) is 0.113. The van der Waals surface area contributed by atoms with Crippen LogP contribution in [-0.4, -0.2) is 83.7 Å². The smallest absolute Gasteiger partial charge is 0.286 e. The Morgan fingerprint density at radius 1 is 1.10 bits per heavy atom. The van der Waals surface area contributed by atoms with Crippen molar-refractivity contribution in [3.8, 4) is 5.75 Å². The number of carbonyl (C=O) groups excluding carboxylic acids is 1. The molecule has 0 radical (unpaired) electrons. The SMILES string of the molecule is COCCNC(=O)C1=C[C@@H](c2coc3ccccc23)C[C@@H](OCCN(CCO)S(=O)(=O)c2ccc(OC)cc2)O1. The molecule has 216 valence electrons. The second-order valence-electron chi connectivity index (χ2n) is 9.03. The number of aliphatic hydroxyl groups is 1. The van der Waals surface area contributed by atoms with Crippen LogP contribution in [0.1, 0.15) is 17.9 Å². The number of allylic oxidation sites excluding steroid dienone is 1. The Kier molecular flexibility index (Phi) is 10.2. The normalized spacial score (nSPS) is 17.4. The van der Waals surface area contributed by atoms with Crippen LogP contribution in [0.3, 0.4) is 0 Å². The van der Waals surface area contributed by atoms with Crippen LogP contribution in [0.5, 0.6) is 5.75 Å². The Balaban J connectivity index is 1.48. The number of hydrogen-bond donors (Lipinski definition) is 2. The number of furan rings is 1. The largest absolute Gasteiger partial charge is 0.497 e. The van der Waals surface area contributed by atoms with Crippen molar-refractivity contribution in [2.75, 3.05) is 53.7 Å². The lowest BCUT2D eigenvalue weighted by atomic mass is 9.92. The van der Waals surface area contributed by atoms with E-state index in [-0.39, 0.29) is 42.9 Å². The third-order valence-electron chi connectivity index (χ3n) is 6.47. The summed E-state index contributed by atoms with van der Waals surface area (Å²) < 4.78 is 55.2. The van der Waals surface area contributed by atoms with Crippen molar-refractivity contribution in [1.82, 2.24) is 9.62 Å². The average molecular weight is 575 g/mol. The molecule has 2 N–H and O–H groups in total. The van der Waals surface area contributed by atoms with Gasteiger partial charge in [0.2, 0.25) is 16.3 Å². The average Bonchev–Trinajstić information content (AvgIpc) is 3.41. The van der Waals surface area contributed by atoms with Crippen LogP contribution in [0.15, 0.2) is 75.9 Å². The molecule has 0 saturated carbocycles. The Bertz CT molecular complexity index is 1400. The van der Waals surface area contributed by atoms with Gasteiger partial charge < -0.3 is 33.8 Å². The highest BCUT2D eigenvalue weighted by Crippen LogP contribution is 2.36. The number of fused-ring (bicyclic) bond motifs is 1. The number of benzene rings is 2. The highest BCUT2D eigenvalue weighted by atomic mass is 32.2. The van der Waals surface area contributed by atoms with E-state index in [0.29, 0.717) is 25.3 Å². The Morgan fingerprint density at radius 3 is 2.60 bits per heavy atom. The van der Waals surface area contributed by atoms with E-state index < -0.39 is 22.2 Å². The first kappa shape index (κ1) is 29.6. The van der Waals surface area contributed by atoms with Crippen molar-refractivity contribution in [1.29, 1.82) is 0 Å². The molecule has 2 atom stereocenters. The molecule has 1 amide bonds. The minimum absolute atomic E-state index is 0.0303. The summed E-state index contributed by atoms with van der Waals surface area (Å²) in [6.07, 6.45) is 2.96. The molecule has 0 fully saturated rings. The van der Waals surface area contributed by atoms with Crippen LogP contribution in [0.25, 0.3) is 11.0 Å². The number of nitrogens with one attached hydrogen (secondary N) is 1. The lowest BCUT2D eigenvalue weighted by Crippen LogP contribution is -2.38. The molecule has 2 aromatic carbocycles. The van der Waals surface area contributed by atoms with E-state index in [2.05, 4.69) is 5.32 Å². The molecule has 4 rings (SSSR count). The molecule has 2 heterocycles. The van der Waals surface area contributed by atoms with Gasteiger partial charge in [-0.05, 0) is 36.4 Å². The molecule has 3 aromatic rings. The fourth-order valence-electron chi connectivity index (χ4n) is 4.42. The topological polar surface area (TPSA) is 137 Å². The lowest BCUT2D eigenvalue weighted by molar-refractivity contribution is -0.146. The summed E-state index contributed by atoms with van der Waals surface area (Å²) in [5.41, 5.74) is 1.61. The van der Waals surface area contributed by atoms with Crippen LogP contribution in [0.2, 0.25) is 0 Å². The fraction of sp³-hybridized carbons (Fsp3) is 0.393. The van der Waals surface area contributed by atoms with Crippen molar-refractivity contribution in [2.45, 2.75) is 23.5 Å². The first-order valence-electron chi connectivity index (χ1n) is 12.9. The molecule has 1 aliphatic rings. The standard InChI is InChI=1S/C28H34N2O9S/c1-35-15-11-29-28(32)26-17-20(24-19-38-25-6-4-3-5-23(24)25)18-27(39-26)37-16-13-30(12-14-31)40(33,34)22-9-7-21(36-2)8-10-22/h3-10,17,19-20,27,31H,11-16,18H2,1-2H3,(H,29,32)/t20-,27+/m1/s1. The van der Waals surface area contributed by atoms with E-state index in [1.165, 1.54) is 19.2 Å². The number of nitrogens with zero attached hydrogens (tertiary/aromatic N) is 1. The number of carbonyl (C=O) groups is 1. The third kappa shape index (κ3) is 7.01. The highest BCUT2D eigenvalue weighted by Gasteiger charge is 2.31. The zero-order valence-electron chi connectivity index (χ0n) is 22.4. The summed E-state index contributed by atoms with van der Waals surface area (Å²) in [6, 6.07) is 13.6. The molecule has 12 heteroatoms. The van der Waals surface area contributed by atoms with Gasteiger partial charge in [0, 0.05) is 50.0 Å². The molecule has 1 aliphatic heterocycles. The van der Waals surface area contributed by atoms with Gasteiger partial charge in [-0.2, -0.15) is 4.31 Å². The van der Waals surface area contributed by atoms with Crippen molar-refractivity contribution in [3.63, 3.8) is 0 Å². The summed E-state index contributed by atoms with van der Waals surface area (Å²) in [4.78, 5) is 12.9. The van der Waals surface area contributed by atoms with Gasteiger partial charge in [0.25, 0.3) is 5.91 Å². The maximum atomic E-state index is 13.2. The zero-order valence-corrected chi connectivity index (χ0v) is 23.3. The summed E-state index contributed by atoms with van der Waals surface area (Å²) >= 11 is 0. The molecule has 0 aliphatic carbocycles. The number of aliphatic hydroxyl groups excluding tert-OH is 1. The number of sulfonamides is 1. The first-order valence-corrected chi connectivity index (χ1v) is 14.3. The van der Waals surface area contributed by atoms with Crippen LogP contribution < -0.4 is 10.1 Å². The van der Waals surface area contributed by atoms with Crippen LogP contribution in [-0.2, 0) is 29.0 Å². The predicted molar refractivity (Wildman–Crippen MR) is 146 cm³/mol. The van der Waals surface area contributed by atoms with Crippen molar-refractivity contribution in [3.05, 3.63) is 72.2 Å². The number of ether oxygens (including phenoxy) is 4. The third-order valence-corrected chi connectivity index (χ3v) is 8.39. The van der Waals surface area contributed by atoms with E-state index in [0.717, 1.165) is 20.8 Å². The van der Waals surface area contributed by atoms with Crippen molar-refractivity contribution < 1.29 is 41.7 Å². The van der Waals surface area contributed by atoms with Crippen LogP contribution in [0, 0.1) is 0 Å². The first-order chi connectivity index (χ1) is 19.4. The van der Waals surface area contributed by atoms with E-state index in [9.17, 15) is 18.3 Å². The Morgan fingerprint density at radius 2 is 1.88 bits per heavy atom. The van der Waals surface area contributed by atoms with Gasteiger partial charge in [-0.3, -0.25) is 4.79 Å². The number of para-hydroxylation sites is 1. The quantitative estimate of drug-likeness (QED) is 0.278. The van der Waals surface area contributed by atoms with Gasteiger partial charge in [-0.1, -0.05) is 18.2 Å². The molecular weight excluding hydrogens is 540 g/mol. The minimum Gasteiger partial charge on any atom is -0.497 e. The number of rotatable bonds is 14. The van der Waals surface area contributed by atoms with Crippen LogP contribution >= 0.6 is 0 Å². The number of amides is 1. The summed E-state index contributed by atoms with van der Waals surface area (Å²) in [5.74, 6) is -0.0319.